The molecule has 0 saturated heterocycles. The van der Waals surface area contributed by atoms with Gasteiger partial charge in [-0.1, -0.05) is 44.2 Å². The van der Waals surface area contributed by atoms with Crippen LogP contribution in [0.25, 0.3) is 0 Å². The van der Waals surface area contributed by atoms with Gasteiger partial charge in [0.1, 0.15) is 23.8 Å². The minimum atomic E-state index is -0.374. The Hall–Kier alpha value is -3.94. The number of anilines is 1. The van der Waals surface area contributed by atoms with Gasteiger partial charge in [0.15, 0.2) is 0 Å². The lowest BCUT2D eigenvalue weighted by Crippen LogP contribution is -2.46. The van der Waals surface area contributed by atoms with Gasteiger partial charge in [0, 0.05) is 19.2 Å². The summed E-state index contributed by atoms with van der Waals surface area (Å²) in [5, 5.41) is 2.88. The molecule has 0 fully saturated rings. The number of nitrogens with one attached hydrogen (secondary N) is 1. The lowest BCUT2D eigenvalue weighted by atomic mass is 10.1. The van der Waals surface area contributed by atoms with E-state index in [1.165, 1.54) is 12.0 Å². The van der Waals surface area contributed by atoms with E-state index < -0.39 is 0 Å². The minimum absolute atomic E-state index is 0.0576. The van der Waals surface area contributed by atoms with E-state index in [9.17, 15) is 9.59 Å². The van der Waals surface area contributed by atoms with Crippen LogP contribution in [-0.4, -0.2) is 55.6 Å². The highest BCUT2D eigenvalue weighted by molar-refractivity contribution is 5.93. The summed E-state index contributed by atoms with van der Waals surface area (Å²) in [6, 6.07) is 18.4. The third kappa shape index (κ3) is 7.80. The Labute approximate surface area is 212 Å². The molecule has 1 heterocycles. The molecule has 1 aromatic heterocycles. The Bertz CT molecular complexity index is 1100. The Morgan fingerprint density at radius 2 is 1.75 bits per heavy atom. The number of hydrogen-bond acceptors (Lipinski definition) is 5. The van der Waals surface area contributed by atoms with Gasteiger partial charge >= 0.3 is 6.03 Å². The Balaban J connectivity index is 1.74. The van der Waals surface area contributed by atoms with Crippen molar-refractivity contribution in [3.8, 4) is 11.5 Å². The number of methoxy groups -OCH3 is 2. The van der Waals surface area contributed by atoms with Crippen molar-refractivity contribution in [3.05, 3.63) is 78.3 Å². The van der Waals surface area contributed by atoms with Crippen LogP contribution in [0.3, 0.4) is 0 Å². The van der Waals surface area contributed by atoms with E-state index in [1.54, 1.807) is 42.5 Å². The summed E-state index contributed by atoms with van der Waals surface area (Å²) in [6.45, 7) is 5.22. The van der Waals surface area contributed by atoms with Crippen LogP contribution in [0.2, 0.25) is 0 Å². The maximum absolute atomic E-state index is 13.5. The van der Waals surface area contributed by atoms with Gasteiger partial charge in [-0.2, -0.15) is 0 Å². The number of urea groups is 1. The molecule has 0 aliphatic carbocycles. The van der Waals surface area contributed by atoms with Crippen molar-refractivity contribution >= 4 is 17.6 Å². The molecule has 3 aromatic rings. The first kappa shape index (κ1) is 26.7. The molecule has 8 heteroatoms. The summed E-state index contributed by atoms with van der Waals surface area (Å²) in [4.78, 5) is 30.0. The van der Waals surface area contributed by atoms with Gasteiger partial charge in [0.05, 0.1) is 32.7 Å². The lowest BCUT2D eigenvalue weighted by Gasteiger charge is -2.28. The maximum atomic E-state index is 13.5. The number of carbonyl (C=O) groups excluding carboxylic acids is 2. The second-order valence-corrected chi connectivity index (χ2v) is 8.90. The molecule has 3 rings (SSSR count). The monoisotopic (exact) mass is 493 g/mol. The van der Waals surface area contributed by atoms with Gasteiger partial charge in [0.2, 0.25) is 5.91 Å². The molecule has 0 bridgehead atoms. The summed E-state index contributed by atoms with van der Waals surface area (Å²) in [7, 11) is 3.09. The molecule has 192 valence electrons. The number of benzene rings is 2. The van der Waals surface area contributed by atoms with Gasteiger partial charge < -0.3 is 29.0 Å². The van der Waals surface area contributed by atoms with Gasteiger partial charge in [-0.3, -0.25) is 4.79 Å². The van der Waals surface area contributed by atoms with E-state index in [-0.39, 0.29) is 24.4 Å². The molecular weight excluding hydrogens is 458 g/mol. The third-order valence-electron chi connectivity index (χ3n) is 5.64. The van der Waals surface area contributed by atoms with Crippen LogP contribution in [0.1, 0.15) is 25.2 Å². The molecule has 0 aliphatic heterocycles. The van der Waals surface area contributed by atoms with Gasteiger partial charge in [-0.25, -0.2) is 4.79 Å². The van der Waals surface area contributed by atoms with E-state index in [1.807, 2.05) is 50.2 Å². The fourth-order valence-electron chi connectivity index (χ4n) is 3.81. The van der Waals surface area contributed by atoms with Crippen molar-refractivity contribution in [2.75, 3.05) is 39.2 Å². The summed E-state index contributed by atoms with van der Waals surface area (Å²) in [5.74, 6) is 1.80. The highest BCUT2D eigenvalue weighted by Gasteiger charge is 2.24. The zero-order chi connectivity index (χ0) is 25.9. The number of hydrogen-bond donors (Lipinski definition) is 1. The highest BCUT2D eigenvalue weighted by atomic mass is 16.5. The van der Waals surface area contributed by atoms with Crippen molar-refractivity contribution in [2.24, 2.45) is 5.92 Å². The largest absolute Gasteiger partial charge is 0.497 e. The molecule has 0 atom stereocenters. The first-order valence-electron chi connectivity index (χ1n) is 12.0. The summed E-state index contributed by atoms with van der Waals surface area (Å²) < 4.78 is 16.1. The molecule has 0 radical (unpaired) electrons. The fourth-order valence-corrected chi connectivity index (χ4v) is 3.81. The second kappa shape index (κ2) is 13.2. The van der Waals surface area contributed by atoms with Crippen LogP contribution in [0, 0.1) is 5.92 Å². The molecule has 8 nitrogen and oxygen atoms in total. The van der Waals surface area contributed by atoms with Gasteiger partial charge in [-0.05, 0) is 42.2 Å². The Kier molecular flexibility index (Phi) is 9.80. The van der Waals surface area contributed by atoms with Crippen LogP contribution in [0.15, 0.2) is 71.3 Å². The number of nitrogens with zero attached hydrogens (tertiary/aromatic N) is 2. The highest BCUT2D eigenvalue weighted by Crippen LogP contribution is 2.29. The minimum Gasteiger partial charge on any atom is -0.497 e. The summed E-state index contributed by atoms with van der Waals surface area (Å²) >= 11 is 0. The molecule has 0 spiro atoms. The first-order chi connectivity index (χ1) is 17.4. The molecule has 36 heavy (non-hydrogen) atoms. The summed E-state index contributed by atoms with van der Waals surface area (Å²) in [6.07, 6.45) is 2.29. The summed E-state index contributed by atoms with van der Waals surface area (Å²) in [5.41, 5.74) is 1.64. The van der Waals surface area contributed by atoms with Crippen LogP contribution in [0.4, 0.5) is 10.5 Å². The van der Waals surface area contributed by atoms with E-state index in [0.29, 0.717) is 49.0 Å². The number of amides is 3. The number of furan rings is 1. The zero-order valence-corrected chi connectivity index (χ0v) is 21.4. The van der Waals surface area contributed by atoms with Crippen molar-refractivity contribution in [3.63, 3.8) is 0 Å². The standard InChI is InChI=1S/C28H35N3O5/c1-21(2)18-31(28(33)29-25-13-12-23(34-3)17-26(25)35-4)20-27(32)30(19-24-11-8-16-36-24)15-14-22-9-6-5-7-10-22/h5-13,16-17,21H,14-15,18-20H2,1-4H3,(H,29,33). The number of carbonyl (C=O) groups is 2. The van der Waals surface area contributed by atoms with E-state index in [4.69, 9.17) is 13.9 Å². The average Bonchev–Trinajstić information content (AvgIpc) is 3.39. The fraction of sp³-hybridized carbons (Fsp3) is 0.357. The van der Waals surface area contributed by atoms with Crippen LogP contribution in [-0.2, 0) is 17.8 Å². The molecule has 1 N–H and O–H groups in total. The van der Waals surface area contributed by atoms with Crippen molar-refractivity contribution < 1.29 is 23.5 Å². The van der Waals surface area contributed by atoms with Crippen LogP contribution >= 0.6 is 0 Å². The quantitative estimate of drug-likeness (QED) is 0.381. The maximum Gasteiger partial charge on any atom is 0.322 e. The molecule has 0 saturated carbocycles. The smallest absolute Gasteiger partial charge is 0.322 e. The van der Waals surface area contributed by atoms with Crippen LogP contribution in [0.5, 0.6) is 11.5 Å². The topological polar surface area (TPSA) is 84.3 Å². The van der Waals surface area contributed by atoms with E-state index in [0.717, 1.165) is 5.56 Å². The average molecular weight is 494 g/mol. The zero-order valence-electron chi connectivity index (χ0n) is 21.4. The first-order valence-corrected chi connectivity index (χ1v) is 12.0. The lowest BCUT2D eigenvalue weighted by molar-refractivity contribution is -0.132. The normalized spacial score (nSPS) is 10.7. The SMILES string of the molecule is COc1ccc(NC(=O)N(CC(=O)N(CCc2ccccc2)Cc2ccco2)CC(C)C)c(OC)c1. The molecule has 3 amide bonds. The molecular formula is C28H35N3O5. The molecule has 0 unspecified atom stereocenters. The predicted molar refractivity (Wildman–Crippen MR) is 139 cm³/mol. The second-order valence-electron chi connectivity index (χ2n) is 8.90. The number of rotatable bonds is 12. The molecule has 2 aromatic carbocycles. The van der Waals surface area contributed by atoms with E-state index in [2.05, 4.69) is 5.32 Å². The van der Waals surface area contributed by atoms with Crippen molar-refractivity contribution in [1.29, 1.82) is 0 Å². The van der Waals surface area contributed by atoms with Crippen molar-refractivity contribution in [1.82, 2.24) is 9.80 Å². The van der Waals surface area contributed by atoms with E-state index >= 15 is 0 Å². The molecule has 0 aliphatic rings. The predicted octanol–water partition coefficient (Wildman–Crippen LogP) is 5.06. The third-order valence-corrected chi connectivity index (χ3v) is 5.64. The number of ether oxygens (including phenoxy) is 2. The van der Waals surface area contributed by atoms with Gasteiger partial charge in [0.25, 0.3) is 0 Å². The van der Waals surface area contributed by atoms with Crippen molar-refractivity contribution in [2.45, 2.75) is 26.8 Å². The van der Waals surface area contributed by atoms with Crippen LogP contribution < -0.4 is 14.8 Å². The Morgan fingerprint density at radius 1 is 0.972 bits per heavy atom. The van der Waals surface area contributed by atoms with Gasteiger partial charge in [-0.15, -0.1) is 0 Å². The Morgan fingerprint density at radius 3 is 2.39 bits per heavy atom.